The van der Waals surface area contributed by atoms with Gasteiger partial charge in [-0.2, -0.15) is 13.9 Å². The summed E-state index contributed by atoms with van der Waals surface area (Å²) in [5.74, 6) is -4.52. The summed E-state index contributed by atoms with van der Waals surface area (Å²) in [6, 6.07) is 0. The van der Waals surface area contributed by atoms with Gasteiger partial charge < -0.3 is 5.11 Å². The van der Waals surface area contributed by atoms with Crippen LogP contribution in [0.4, 0.5) is 13.2 Å². The van der Waals surface area contributed by atoms with Gasteiger partial charge >= 0.3 is 5.97 Å². The quantitative estimate of drug-likeness (QED) is 0.920. The molecule has 7 heteroatoms. The average Bonchev–Trinajstić information content (AvgIpc) is 2.52. The fourth-order valence-electron chi connectivity index (χ4n) is 2.42. The van der Waals surface area contributed by atoms with Crippen molar-refractivity contribution in [3.63, 3.8) is 0 Å². The van der Waals surface area contributed by atoms with E-state index >= 15 is 0 Å². The molecular formula is C12H15F3N2O2. The molecule has 0 unspecified atom stereocenters. The molecule has 0 bridgehead atoms. The number of rotatable bonds is 4. The van der Waals surface area contributed by atoms with Crippen LogP contribution in [0.15, 0.2) is 0 Å². The highest BCUT2D eigenvalue weighted by atomic mass is 19.3. The molecule has 0 aliphatic heterocycles. The first kappa shape index (κ1) is 13.9. The van der Waals surface area contributed by atoms with E-state index in [1.165, 1.54) is 6.92 Å². The molecule has 1 heterocycles. The lowest BCUT2D eigenvalue weighted by Crippen LogP contribution is -2.30. The van der Waals surface area contributed by atoms with Gasteiger partial charge in [0, 0.05) is 19.0 Å². The smallest absolute Gasteiger partial charge is 0.354 e. The van der Waals surface area contributed by atoms with Gasteiger partial charge in [0.15, 0.2) is 0 Å². The summed E-state index contributed by atoms with van der Waals surface area (Å²) in [6.07, 6.45) is -0.215. The summed E-state index contributed by atoms with van der Waals surface area (Å²) < 4.78 is 40.5. The molecule has 0 radical (unpaired) electrons. The van der Waals surface area contributed by atoms with Crippen molar-refractivity contribution < 1.29 is 23.1 Å². The molecule has 0 spiro atoms. The van der Waals surface area contributed by atoms with Crippen LogP contribution in [0.5, 0.6) is 0 Å². The summed E-state index contributed by atoms with van der Waals surface area (Å²) in [6.45, 7) is 2.16. The van der Waals surface area contributed by atoms with Gasteiger partial charge in [-0.05, 0) is 25.7 Å². The number of aromatic carboxylic acids is 1. The zero-order chi connectivity index (χ0) is 14.4. The van der Waals surface area contributed by atoms with E-state index in [9.17, 15) is 18.0 Å². The molecule has 4 nitrogen and oxygen atoms in total. The van der Waals surface area contributed by atoms with E-state index in [0.29, 0.717) is 19.8 Å². The first-order valence-corrected chi connectivity index (χ1v) is 6.03. The highest BCUT2D eigenvalue weighted by Gasteiger charge is 2.36. The zero-order valence-electron chi connectivity index (χ0n) is 10.7. The molecule has 1 aliphatic rings. The van der Waals surface area contributed by atoms with Crippen molar-refractivity contribution in [3.8, 4) is 0 Å². The highest BCUT2D eigenvalue weighted by Crippen LogP contribution is 2.34. The molecule has 1 aromatic rings. The fraction of sp³-hybridized carbons (Fsp3) is 0.667. The topological polar surface area (TPSA) is 55.1 Å². The van der Waals surface area contributed by atoms with Gasteiger partial charge in [0.05, 0.1) is 0 Å². The predicted molar refractivity (Wildman–Crippen MR) is 61.1 cm³/mol. The Bertz CT molecular complexity index is 502. The summed E-state index contributed by atoms with van der Waals surface area (Å²) in [5.41, 5.74) is -0.795. The van der Waals surface area contributed by atoms with Crippen molar-refractivity contribution in [2.24, 2.45) is 5.92 Å². The summed E-state index contributed by atoms with van der Waals surface area (Å²) in [7, 11) is 0. The Morgan fingerprint density at radius 1 is 1.53 bits per heavy atom. The van der Waals surface area contributed by atoms with Crippen LogP contribution in [0.2, 0.25) is 0 Å². The summed E-state index contributed by atoms with van der Waals surface area (Å²) in [5, 5.41) is 12.8. The van der Waals surface area contributed by atoms with Crippen molar-refractivity contribution in [2.45, 2.75) is 45.3 Å². The number of carboxylic acid groups (broad SMARTS) is 1. The van der Waals surface area contributed by atoms with Crippen LogP contribution in [-0.2, 0) is 12.5 Å². The molecule has 1 aliphatic carbocycles. The number of halogens is 3. The second kappa shape index (κ2) is 4.54. The van der Waals surface area contributed by atoms with Crippen LogP contribution >= 0.6 is 0 Å². The van der Waals surface area contributed by atoms with Gasteiger partial charge in [-0.25, -0.2) is 9.18 Å². The maximum absolute atomic E-state index is 13.3. The molecule has 19 heavy (non-hydrogen) atoms. The second-order valence-electron chi connectivity index (χ2n) is 5.13. The van der Waals surface area contributed by atoms with E-state index in [-0.39, 0.29) is 23.7 Å². The van der Waals surface area contributed by atoms with Crippen molar-refractivity contribution in [3.05, 3.63) is 17.0 Å². The Kier molecular flexibility index (Phi) is 3.32. The molecule has 0 aromatic carbocycles. The number of hydrogen-bond donors (Lipinski definition) is 1. The minimum Gasteiger partial charge on any atom is -0.477 e. The van der Waals surface area contributed by atoms with E-state index in [0.717, 1.165) is 4.68 Å². The minimum atomic E-state index is -3.19. The lowest BCUT2D eigenvalue weighted by molar-refractivity contribution is 0.0110. The normalized spacial score (nSPS) is 23.2. The Morgan fingerprint density at radius 2 is 2.11 bits per heavy atom. The van der Waals surface area contributed by atoms with E-state index < -0.39 is 23.8 Å². The maximum Gasteiger partial charge on any atom is 0.354 e. The second-order valence-corrected chi connectivity index (χ2v) is 5.13. The highest BCUT2D eigenvalue weighted by molar-refractivity contribution is 5.87. The Hall–Kier alpha value is -1.53. The molecule has 0 atom stereocenters. The monoisotopic (exact) mass is 276 g/mol. The molecule has 0 amide bonds. The van der Waals surface area contributed by atoms with Crippen molar-refractivity contribution in [1.82, 2.24) is 9.78 Å². The molecule has 2 rings (SSSR count). The van der Waals surface area contributed by atoms with Gasteiger partial charge in [0.1, 0.15) is 17.6 Å². The molecule has 0 saturated heterocycles. The minimum absolute atomic E-state index is 0.0314. The third kappa shape index (κ3) is 2.59. The molecule has 1 N–H and O–H groups in total. The van der Waals surface area contributed by atoms with Gasteiger partial charge in [-0.3, -0.25) is 4.68 Å². The zero-order valence-corrected chi connectivity index (χ0v) is 10.7. The molecule has 1 aromatic heterocycles. The van der Waals surface area contributed by atoms with Crippen molar-refractivity contribution in [2.75, 3.05) is 0 Å². The molecular weight excluding hydrogens is 261 g/mol. The van der Waals surface area contributed by atoms with E-state index in [2.05, 4.69) is 5.10 Å². The molecule has 1 fully saturated rings. The van der Waals surface area contributed by atoms with Gasteiger partial charge in [0.2, 0.25) is 0 Å². The van der Waals surface area contributed by atoms with Crippen LogP contribution in [0, 0.1) is 12.8 Å². The van der Waals surface area contributed by atoms with Crippen LogP contribution in [0.1, 0.15) is 41.5 Å². The Morgan fingerprint density at radius 3 is 2.53 bits per heavy atom. The van der Waals surface area contributed by atoms with Crippen LogP contribution < -0.4 is 0 Å². The third-order valence-corrected chi connectivity index (χ3v) is 3.42. The number of hydrogen-bond acceptors (Lipinski definition) is 2. The first-order chi connectivity index (χ1) is 8.70. The molecule has 106 valence electrons. The van der Waals surface area contributed by atoms with Crippen molar-refractivity contribution >= 4 is 5.97 Å². The Balaban J connectivity index is 2.33. The van der Waals surface area contributed by atoms with E-state index in [1.54, 1.807) is 0 Å². The van der Waals surface area contributed by atoms with Crippen LogP contribution in [0.3, 0.4) is 0 Å². The third-order valence-electron chi connectivity index (χ3n) is 3.42. The lowest BCUT2D eigenvalue weighted by atomic mass is 9.83. The van der Waals surface area contributed by atoms with Gasteiger partial charge in [-0.1, -0.05) is 0 Å². The standard InChI is InChI=1S/C12H15F3N2O2/c1-6-9(11(18)19)17(5-7-3-8(13)4-7)16-10(6)12(2,14)15/h7-8H,3-5H2,1-2H3,(H,18,19)/t7-,8+. The summed E-state index contributed by atoms with van der Waals surface area (Å²) in [4.78, 5) is 11.2. The number of carbonyl (C=O) groups is 1. The molecule has 1 saturated carbocycles. The van der Waals surface area contributed by atoms with E-state index in [4.69, 9.17) is 5.11 Å². The Labute approximate surface area is 108 Å². The van der Waals surface area contributed by atoms with Gasteiger partial charge in [0.25, 0.3) is 5.92 Å². The van der Waals surface area contributed by atoms with E-state index in [1.807, 2.05) is 0 Å². The largest absolute Gasteiger partial charge is 0.477 e. The average molecular weight is 276 g/mol. The SMILES string of the molecule is Cc1c(C(C)(F)F)nn(C[C@H]2C[C@@H](F)C2)c1C(=O)O. The van der Waals surface area contributed by atoms with Crippen molar-refractivity contribution in [1.29, 1.82) is 0 Å². The maximum atomic E-state index is 13.3. The summed E-state index contributed by atoms with van der Waals surface area (Å²) >= 11 is 0. The lowest BCUT2D eigenvalue weighted by Gasteiger charge is -2.29. The van der Waals surface area contributed by atoms with Crippen LogP contribution in [-0.4, -0.2) is 27.0 Å². The van der Waals surface area contributed by atoms with Crippen LogP contribution in [0.25, 0.3) is 0 Å². The number of carboxylic acids is 1. The predicted octanol–water partition coefficient (Wildman–Crippen LogP) is 2.75. The number of aromatic nitrogens is 2. The first-order valence-electron chi connectivity index (χ1n) is 6.03. The fourth-order valence-corrected chi connectivity index (χ4v) is 2.42. The van der Waals surface area contributed by atoms with Gasteiger partial charge in [-0.15, -0.1) is 0 Å². The number of nitrogens with zero attached hydrogens (tertiary/aromatic N) is 2. The number of alkyl halides is 3.